The number of nitrogens with zero attached hydrogens (tertiary/aromatic N) is 1. The highest BCUT2D eigenvalue weighted by Crippen LogP contribution is 2.22. The Morgan fingerprint density at radius 1 is 1.22 bits per heavy atom. The Labute approximate surface area is 162 Å². The van der Waals surface area contributed by atoms with Crippen LogP contribution in [0.15, 0.2) is 24.3 Å². The first-order valence-corrected chi connectivity index (χ1v) is 11.2. The Morgan fingerprint density at radius 2 is 1.81 bits per heavy atom. The Kier molecular flexibility index (Phi) is 6.35. The molecule has 6 nitrogen and oxygen atoms in total. The molecule has 0 spiro atoms. The molecule has 0 aromatic heterocycles. The summed E-state index contributed by atoms with van der Waals surface area (Å²) in [5, 5.41) is 2.73. The fourth-order valence-electron chi connectivity index (χ4n) is 3.33. The van der Waals surface area contributed by atoms with Crippen molar-refractivity contribution in [3.05, 3.63) is 35.4 Å². The Bertz CT molecular complexity index is 794. The fraction of sp³-hybridized carbons (Fsp3) is 0.600. The molecular formula is C20H30N2O4S. The summed E-state index contributed by atoms with van der Waals surface area (Å²) in [6.07, 6.45) is 0.455. The molecule has 27 heavy (non-hydrogen) atoms. The average molecular weight is 395 g/mol. The summed E-state index contributed by atoms with van der Waals surface area (Å²) in [6.45, 7) is 10.2. The van der Waals surface area contributed by atoms with Crippen molar-refractivity contribution < 1.29 is 18.0 Å². The molecule has 1 N–H and O–H groups in total. The third-order valence-corrected chi connectivity index (χ3v) is 6.75. The van der Waals surface area contributed by atoms with Gasteiger partial charge in [-0.2, -0.15) is 0 Å². The van der Waals surface area contributed by atoms with E-state index >= 15 is 0 Å². The third-order valence-electron chi connectivity index (χ3n) is 5.00. The maximum Gasteiger partial charge on any atom is 0.251 e. The van der Waals surface area contributed by atoms with Gasteiger partial charge in [0.1, 0.15) is 6.04 Å². The van der Waals surface area contributed by atoms with Crippen LogP contribution in [-0.2, 0) is 20.0 Å². The SMILES string of the molecule is CCN(C(=O)C(C)NC(=O)c1ccc(C(C)(C)C)cc1)C1CCS(=O)(=O)C1. The summed E-state index contributed by atoms with van der Waals surface area (Å²) in [6, 6.07) is 6.33. The maximum absolute atomic E-state index is 12.7. The smallest absolute Gasteiger partial charge is 0.251 e. The van der Waals surface area contributed by atoms with Crippen LogP contribution < -0.4 is 5.32 Å². The number of benzene rings is 1. The molecule has 2 unspecified atom stereocenters. The molecule has 2 amide bonds. The standard InChI is InChI=1S/C20H30N2O4S/c1-6-22(17-11-12-27(25,26)13-17)19(24)14(2)21-18(23)15-7-9-16(10-8-15)20(3,4)5/h7-10,14,17H,6,11-13H2,1-5H3,(H,21,23). The summed E-state index contributed by atoms with van der Waals surface area (Å²) in [5.41, 5.74) is 1.62. The van der Waals surface area contributed by atoms with Gasteiger partial charge < -0.3 is 10.2 Å². The second-order valence-electron chi connectivity index (χ2n) is 8.20. The number of carbonyl (C=O) groups excluding carboxylic acids is 2. The van der Waals surface area contributed by atoms with E-state index < -0.39 is 15.9 Å². The van der Waals surface area contributed by atoms with Gasteiger partial charge >= 0.3 is 0 Å². The highest BCUT2D eigenvalue weighted by Gasteiger charge is 2.35. The zero-order chi connectivity index (χ0) is 20.4. The Balaban J connectivity index is 2.03. The van der Waals surface area contributed by atoms with Crippen molar-refractivity contribution in [1.29, 1.82) is 0 Å². The molecule has 2 atom stereocenters. The van der Waals surface area contributed by atoms with Crippen LogP contribution >= 0.6 is 0 Å². The molecule has 0 radical (unpaired) electrons. The zero-order valence-corrected chi connectivity index (χ0v) is 17.6. The summed E-state index contributed by atoms with van der Waals surface area (Å²) in [5.74, 6) is -0.449. The fourth-order valence-corrected chi connectivity index (χ4v) is 5.06. The number of hydrogen-bond acceptors (Lipinski definition) is 4. The summed E-state index contributed by atoms with van der Waals surface area (Å²) in [4.78, 5) is 26.8. The van der Waals surface area contributed by atoms with Crippen molar-refractivity contribution in [3.63, 3.8) is 0 Å². The number of likely N-dealkylation sites (N-methyl/N-ethyl adjacent to an activating group) is 1. The van der Waals surface area contributed by atoms with Crippen molar-refractivity contribution in [3.8, 4) is 0 Å². The third kappa shape index (κ3) is 5.31. The molecule has 1 aromatic carbocycles. The first kappa shape index (κ1) is 21.4. The van der Waals surface area contributed by atoms with Gasteiger partial charge in [0.25, 0.3) is 5.91 Å². The minimum Gasteiger partial charge on any atom is -0.341 e. The highest BCUT2D eigenvalue weighted by atomic mass is 32.2. The van der Waals surface area contributed by atoms with Crippen LogP contribution in [0.25, 0.3) is 0 Å². The number of amides is 2. The van der Waals surface area contributed by atoms with Gasteiger partial charge in [0, 0.05) is 18.2 Å². The number of hydrogen-bond donors (Lipinski definition) is 1. The molecular weight excluding hydrogens is 364 g/mol. The number of rotatable bonds is 5. The molecule has 1 heterocycles. The lowest BCUT2D eigenvalue weighted by Crippen LogP contribution is -2.51. The van der Waals surface area contributed by atoms with Crippen LogP contribution in [0.4, 0.5) is 0 Å². The van der Waals surface area contributed by atoms with Gasteiger partial charge in [-0.25, -0.2) is 8.42 Å². The minimum absolute atomic E-state index is 0.00150. The van der Waals surface area contributed by atoms with Crippen LogP contribution in [0, 0.1) is 0 Å². The topological polar surface area (TPSA) is 83.6 Å². The highest BCUT2D eigenvalue weighted by molar-refractivity contribution is 7.91. The quantitative estimate of drug-likeness (QED) is 0.829. The second kappa shape index (κ2) is 8.00. The lowest BCUT2D eigenvalue weighted by atomic mass is 9.86. The first-order chi connectivity index (χ1) is 12.4. The summed E-state index contributed by atoms with van der Waals surface area (Å²) >= 11 is 0. The molecule has 0 saturated carbocycles. The minimum atomic E-state index is -3.07. The molecule has 1 aromatic rings. The van der Waals surface area contributed by atoms with Crippen molar-refractivity contribution in [1.82, 2.24) is 10.2 Å². The first-order valence-electron chi connectivity index (χ1n) is 9.37. The van der Waals surface area contributed by atoms with E-state index in [4.69, 9.17) is 0 Å². The van der Waals surface area contributed by atoms with E-state index in [2.05, 4.69) is 26.1 Å². The van der Waals surface area contributed by atoms with E-state index in [0.29, 0.717) is 18.5 Å². The van der Waals surface area contributed by atoms with Crippen LogP contribution in [-0.4, -0.2) is 55.3 Å². The van der Waals surface area contributed by atoms with Gasteiger partial charge in [0.05, 0.1) is 11.5 Å². The predicted molar refractivity (Wildman–Crippen MR) is 107 cm³/mol. The summed E-state index contributed by atoms with van der Waals surface area (Å²) < 4.78 is 23.4. The van der Waals surface area contributed by atoms with E-state index in [-0.39, 0.29) is 34.8 Å². The van der Waals surface area contributed by atoms with Crippen LogP contribution in [0.1, 0.15) is 57.0 Å². The normalized spacial score (nSPS) is 20.1. The molecule has 1 aliphatic rings. The van der Waals surface area contributed by atoms with Gasteiger partial charge in [-0.15, -0.1) is 0 Å². The molecule has 7 heteroatoms. The molecule has 2 rings (SSSR count). The number of carbonyl (C=O) groups is 2. The molecule has 0 bridgehead atoms. The van der Waals surface area contributed by atoms with E-state index in [1.165, 1.54) is 0 Å². The molecule has 0 aliphatic carbocycles. The molecule has 1 fully saturated rings. The lowest BCUT2D eigenvalue weighted by Gasteiger charge is -2.29. The number of sulfone groups is 1. The van der Waals surface area contributed by atoms with Crippen molar-refractivity contribution in [2.24, 2.45) is 0 Å². The maximum atomic E-state index is 12.7. The molecule has 1 aliphatic heterocycles. The average Bonchev–Trinajstić information content (AvgIpc) is 2.94. The van der Waals surface area contributed by atoms with Gasteiger partial charge in [-0.05, 0) is 43.4 Å². The van der Waals surface area contributed by atoms with E-state index in [9.17, 15) is 18.0 Å². The van der Waals surface area contributed by atoms with Crippen LogP contribution in [0.2, 0.25) is 0 Å². The van der Waals surface area contributed by atoms with Gasteiger partial charge in [0.2, 0.25) is 5.91 Å². The predicted octanol–water partition coefficient (Wildman–Crippen LogP) is 2.14. The number of nitrogens with one attached hydrogen (secondary N) is 1. The monoisotopic (exact) mass is 394 g/mol. The molecule has 1 saturated heterocycles. The largest absolute Gasteiger partial charge is 0.341 e. The Morgan fingerprint density at radius 3 is 2.26 bits per heavy atom. The second-order valence-corrected chi connectivity index (χ2v) is 10.4. The molecule has 150 valence electrons. The van der Waals surface area contributed by atoms with Gasteiger partial charge in [-0.1, -0.05) is 32.9 Å². The summed E-state index contributed by atoms with van der Waals surface area (Å²) in [7, 11) is -3.07. The zero-order valence-electron chi connectivity index (χ0n) is 16.8. The van der Waals surface area contributed by atoms with Gasteiger partial charge in [0.15, 0.2) is 9.84 Å². The van der Waals surface area contributed by atoms with E-state index in [1.54, 1.807) is 24.0 Å². The van der Waals surface area contributed by atoms with E-state index in [0.717, 1.165) is 5.56 Å². The van der Waals surface area contributed by atoms with Crippen LogP contribution in [0.5, 0.6) is 0 Å². The lowest BCUT2D eigenvalue weighted by molar-refractivity contribution is -0.134. The van der Waals surface area contributed by atoms with Gasteiger partial charge in [-0.3, -0.25) is 9.59 Å². The van der Waals surface area contributed by atoms with E-state index in [1.807, 2.05) is 19.1 Å². The van der Waals surface area contributed by atoms with Crippen molar-refractivity contribution in [2.75, 3.05) is 18.1 Å². The van der Waals surface area contributed by atoms with Crippen LogP contribution in [0.3, 0.4) is 0 Å². The van der Waals surface area contributed by atoms with Crippen molar-refractivity contribution in [2.45, 2.75) is 58.5 Å². The Hall–Kier alpha value is -1.89. The van der Waals surface area contributed by atoms with Crippen molar-refractivity contribution >= 4 is 21.7 Å².